The van der Waals surface area contributed by atoms with E-state index in [1.807, 2.05) is 91.0 Å². The quantitative estimate of drug-likeness (QED) is 0.384. The normalized spacial score (nSPS) is 17.1. The van der Waals surface area contributed by atoms with Crippen LogP contribution < -0.4 is 10.7 Å². The lowest BCUT2D eigenvalue weighted by Crippen LogP contribution is -2.44. The number of fused-ring (bicyclic) bond motifs is 1. The van der Waals surface area contributed by atoms with Gasteiger partial charge in [0.1, 0.15) is 5.37 Å². The Morgan fingerprint density at radius 3 is 2.42 bits per heavy atom. The van der Waals surface area contributed by atoms with E-state index >= 15 is 0 Å². The second kappa shape index (κ2) is 9.58. The molecule has 1 fully saturated rings. The minimum absolute atomic E-state index is 0.0514. The number of carbonyl (C=O) groups is 2. The molecule has 2 N–H and O–H groups in total. The van der Waals surface area contributed by atoms with Crippen molar-refractivity contribution in [3.05, 3.63) is 101 Å². The zero-order valence-corrected chi connectivity index (χ0v) is 19.1. The predicted molar refractivity (Wildman–Crippen MR) is 134 cm³/mol. The van der Waals surface area contributed by atoms with Crippen molar-refractivity contribution in [3.8, 4) is 0 Å². The minimum atomic E-state index is -0.274. The number of carbonyl (C=O) groups excluding carboxylic acids is 2. The Morgan fingerprint density at radius 1 is 0.970 bits per heavy atom. The maximum Gasteiger partial charge on any atom is 0.275 e. The topological polar surface area (TPSA) is 74.3 Å². The van der Waals surface area contributed by atoms with Gasteiger partial charge in [0, 0.05) is 0 Å². The molecule has 164 valence electrons. The summed E-state index contributed by atoms with van der Waals surface area (Å²) in [5.74, 6) is -0.426. The van der Waals surface area contributed by atoms with Gasteiger partial charge in [-0.1, -0.05) is 95.9 Å². The highest BCUT2D eigenvalue weighted by atomic mass is 32.2. The molecule has 0 bridgehead atoms. The molecule has 6 nitrogen and oxygen atoms in total. The predicted octanol–water partition coefficient (Wildman–Crippen LogP) is 5.05. The Morgan fingerprint density at radius 2 is 1.67 bits per heavy atom. The molecule has 1 aliphatic heterocycles. The third-order valence-electron chi connectivity index (χ3n) is 5.03. The third kappa shape index (κ3) is 4.83. The molecule has 0 saturated carbocycles. The second-order valence-corrected chi connectivity index (χ2v) is 9.50. The highest BCUT2D eigenvalue weighted by Gasteiger charge is 2.37. The van der Waals surface area contributed by atoms with E-state index in [0.717, 1.165) is 21.3 Å². The Bertz CT molecular complexity index is 1290. The first-order chi connectivity index (χ1) is 16.2. The van der Waals surface area contributed by atoms with E-state index in [1.165, 1.54) is 28.1 Å². The summed E-state index contributed by atoms with van der Waals surface area (Å²) in [6.45, 7) is -0.0514. The van der Waals surface area contributed by atoms with Gasteiger partial charge in [0.15, 0.2) is 5.13 Å². The van der Waals surface area contributed by atoms with Crippen LogP contribution in [0.15, 0.2) is 89.8 Å². The lowest BCUT2D eigenvalue weighted by molar-refractivity contribution is -0.130. The molecule has 1 unspecified atom stereocenters. The van der Waals surface area contributed by atoms with Gasteiger partial charge in [-0.2, -0.15) is 0 Å². The number of thioether (sulfide) groups is 1. The molecule has 1 aromatic heterocycles. The van der Waals surface area contributed by atoms with Crippen molar-refractivity contribution in [3.63, 3.8) is 0 Å². The number of nitrogens with one attached hydrogen (secondary N) is 2. The van der Waals surface area contributed by atoms with Crippen LogP contribution in [0.2, 0.25) is 0 Å². The first-order valence-electron chi connectivity index (χ1n) is 10.4. The molecule has 0 radical (unpaired) electrons. The summed E-state index contributed by atoms with van der Waals surface area (Å²) in [6.07, 6.45) is 1.88. The molecule has 4 aromatic rings. The smallest absolute Gasteiger partial charge is 0.275 e. The lowest BCUT2D eigenvalue weighted by atomic mass is 10.2. The molecule has 1 saturated heterocycles. The monoisotopic (exact) mass is 472 g/mol. The number of benzene rings is 3. The van der Waals surface area contributed by atoms with E-state index in [9.17, 15) is 9.59 Å². The first kappa shape index (κ1) is 21.4. The number of thiazole rings is 1. The molecule has 2 heterocycles. The lowest BCUT2D eigenvalue weighted by Gasteiger charge is -2.23. The Balaban J connectivity index is 1.32. The molecule has 0 aliphatic carbocycles. The summed E-state index contributed by atoms with van der Waals surface area (Å²) in [6, 6.07) is 27.2. The number of amides is 2. The number of para-hydroxylation sites is 1. The Kier molecular flexibility index (Phi) is 6.21. The standard InChI is InChI=1S/C25H20N4O2S2/c30-22(28-25-27-19-13-7-8-14-20(19)33-25)16-26-29-23(31)21(15-17-9-3-1-4-10-17)32-24(29)18-11-5-2-6-12-18/h1-15,24,26H,16H2,(H,27,28,30)/b21-15-. The van der Waals surface area contributed by atoms with Gasteiger partial charge in [-0.3, -0.25) is 14.6 Å². The first-order valence-corrected chi connectivity index (χ1v) is 12.1. The largest absolute Gasteiger partial charge is 0.301 e. The van der Waals surface area contributed by atoms with Crippen LogP contribution in [-0.4, -0.2) is 28.4 Å². The van der Waals surface area contributed by atoms with Crippen molar-refractivity contribution in [2.45, 2.75) is 5.37 Å². The zero-order chi connectivity index (χ0) is 22.6. The molecule has 5 rings (SSSR count). The number of hydrogen-bond acceptors (Lipinski definition) is 6. The maximum atomic E-state index is 13.2. The fourth-order valence-electron chi connectivity index (χ4n) is 3.48. The van der Waals surface area contributed by atoms with E-state index in [-0.39, 0.29) is 23.7 Å². The molecule has 3 aromatic carbocycles. The van der Waals surface area contributed by atoms with E-state index in [4.69, 9.17) is 0 Å². The number of aromatic nitrogens is 1. The zero-order valence-electron chi connectivity index (χ0n) is 17.5. The average Bonchev–Trinajstić information content (AvgIpc) is 3.39. The summed E-state index contributed by atoms with van der Waals surface area (Å²) in [7, 11) is 0. The van der Waals surface area contributed by atoms with E-state index < -0.39 is 0 Å². The van der Waals surface area contributed by atoms with Crippen molar-refractivity contribution in [2.24, 2.45) is 0 Å². The highest BCUT2D eigenvalue weighted by molar-refractivity contribution is 8.04. The summed E-state index contributed by atoms with van der Waals surface area (Å²) < 4.78 is 1.01. The van der Waals surface area contributed by atoms with Crippen molar-refractivity contribution in [2.75, 3.05) is 11.9 Å². The molecule has 2 amide bonds. The number of nitrogens with zero attached hydrogens (tertiary/aromatic N) is 2. The highest BCUT2D eigenvalue weighted by Crippen LogP contribution is 2.45. The minimum Gasteiger partial charge on any atom is -0.301 e. The van der Waals surface area contributed by atoms with Gasteiger partial charge in [0.25, 0.3) is 5.91 Å². The van der Waals surface area contributed by atoms with Crippen molar-refractivity contribution in [1.29, 1.82) is 0 Å². The van der Waals surface area contributed by atoms with Gasteiger partial charge in [-0.15, -0.1) is 0 Å². The SMILES string of the molecule is O=C(CNN1C(=O)/C(=C/c2ccccc2)SC1c1ccccc1)Nc1nc2ccccc2s1. The van der Waals surface area contributed by atoms with Crippen LogP contribution >= 0.6 is 23.1 Å². The molecule has 1 atom stereocenters. The summed E-state index contributed by atoms with van der Waals surface area (Å²) in [5.41, 5.74) is 5.81. The molecule has 0 spiro atoms. The van der Waals surface area contributed by atoms with Crippen LogP contribution in [0.1, 0.15) is 16.5 Å². The van der Waals surface area contributed by atoms with E-state index in [1.54, 1.807) is 0 Å². The molecule has 33 heavy (non-hydrogen) atoms. The van der Waals surface area contributed by atoms with Crippen LogP contribution in [-0.2, 0) is 9.59 Å². The van der Waals surface area contributed by atoms with Gasteiger partial charge in [-0.25, -0.2) is 10.4 Å². The number of hydrogen-bond donors (Lipinski definition) is 2. The van der Waals surface area contributed by atoms with Gasteiger partial charge < -0.3 is 5.32 Å². The number of rotatable bonds is 6. The fraction of sp³-hybridized carbons (Fsp3) is 0.0800. The second-order valence-electron chi connectivity index (χ2n) is 7.35. The van der Waals surface area contributed by atoms with Crippen LogP contribution in [0.3, 0.4) is 0 Å². The maximum absolute atomic E-state index is 13.2. The summed E-state index contributed by atoms with van der Waals surface area (Å²) in [5, 5.41) is 4.62. The Hall–Kier alpha value is -3.46. The van der Waals surface area contributed by atoms with Crippen molar-refractivity contribution < 1.29 is 9.59 Å². The van der Waals surface area contributed by atoms with Gasteiger partial charge >= 0.3 is 0 Å². The van der Waals surface area contributed by atoms with E-state index in [0.29, 0.717) is 10.0 Å². The number of anilines is 1. The molecule has 8 heteroatoms. The van der Waals surface area contributed by atoms with Crippen LogP contribution in [0.5, 0.6) is 0 Å². The van der Waals surface area contributed by atoms with Gasteiger partial charge in [-0.05, 0) is 29.3 Å². The molecule has 1 aliphatic rings. The molecular formula is C25H20N4O2S2. The summed E-state index contributed by atoms with van der Waals surface area (Å²) >= 11 is 2.89. The van der Waals surface area contributed by atoms with Crippen molar-refractivity contribution in [1.82, 2.24) is 15.4 Å². The van der Waals surface area contributed by atoms with Crippen molar-refractivity contribution >= 4 is 56.3 Å². The van der Waals surface area contributed by atoms with Crippen LogP contribution in [0, 0.1) is 0 Å². The van der Waals surface area contributed by atoms with Gasteiger partial charge in [0.2, 0.25) is 5.91 Å². The summed E-state index contributed by atoms with van der Waals surface area (Å²) in [4.78, 5) is 30.9. The van der Waals surface area contributed by atoms with Crippen LogP contribution in [0.25, 0.3) is 16.3 Å². The fourth-order valence-corrected chi connectivity index (χ4v) is 5.58. The number of hydrazine groups is 1. The Labute approximate surface area is 199 Å². The van der Waals surface area contributed by atoms with Crippen LogP contribution in [0.4, 0.5) is 5.13 Å². The molecular weight excluding hydrogens is 452 g/mol. The third-order valence-corrected chi connectivity index (χ3v) is 7.24. The average molecular weight is 473 g/mol. The van der Waals surface area contributed by atoms with E-state index in [2.05, 4.69) is 15.7 Å². The van der Waals surface area contributed by atoms with Gasteiger partial charge in [0.05, 0.1) is 21.7 Å².